The Bertz CT molecular complexity index is 1090. The summed E-state index contributed by atoms with van der Waals surface area (Å²) in [5.74, 6) is 0.674. The third-order valence-corrected chi connectivity index (χ3v) is 7.32. The Morgan fingerprint density at radius 2 is 1.88 bits per heavy atom. The molecule has 3 aromatic rings. The van der Waals surface area contributed by atoms with Crippen LogP contribution < -0.4 is 0 Å². The van der Waals surface area contributed by atoms with Crippen LogP contribution in [0.3, 0.4) is 0 Å². The quantitative estimate of drug-likeness (QED) is 0.547. The van der Waals surface area contributed by atoms with E-state index in [0.29, 0.717) is 36.5 Å². The van der Waals surface area contributed by atoms with Crippen molar-refractivity contribution >= 4 is 5.78 Å². The van der Waals surface area contributed by atoms with Gasteiger partial charge in [-0.1, -0.05) is 42.5 Å². The number of rotatable bonds is 7. The standard InChI is InChI=1S/C27H29FN2O2/c28-23-8-4-7-22-25-16-29-17-30(25)24(27(22)23)15-26(32)20-11-9-19(10-12-20)14-21(31)13-18-5-2-1-3-6-18/h1-8,16-17,19-20,24,26,32H,9-15H2. The topological polar surface area (TPSA) is 55.1 Å². The van der Waals surface area contributed by atoms with Crippen LogP contribution in [0.4, 0.5) is 4.39 Å². The molecule has 166 valence electrons. The van der Waals surface area contributed by atoms with Gasteiger partial charge in [0.1, 0.15) is 11.6 Å². The van der Waals surface area contributed by atoms with Gasteiger partial charge in [0, 0.05) is 24.0 Å². The van der Waals surface area contributed by atoms with Crippen LogP contribution in [-0.2, 0) is 11.2 Å². The molecule has 32 heavy (non-hydrogen) atoms. The highest BCUT2D eigenvalue weighted by molar-refractivity contribution is 5.81. The third kappa shape index (κ3) is 4.14. The smallest absolute Gasteiger partial charge is 0.137 e. The predicted octanol–water partition coefficient (Wildman–Crippen LogP) is 5.35. The molecule has 0 bridgehead atoms. The molecular weight excluding hydrogens is 403 g/mol. The van der Waals surface area contributed by atoms with Crippen molar-refractivity contribution in [1.29, 1.82) is 0 Å². The lowest BCUT2D eigenvalue weighted by Gasteiger charge is -2.32. The molecule has 2 heterocycles. The summed E-state index contributed by atoms with van der Waals surface area (Å²) in [4.78, 5) is 16.7. The van der Waals surface area contributed by atoms with E-state index in [2.05, 4.69) is 4.98 Å². The average Bonchev–Trinajstić information content (AvgIpc) is 3.38. The second-order valence-corrected chi connectivity index (χ2v) is 9.39. The van der Waals surface area contributed by atoms with Crippen molar-refractivity contribution in [1.82, 2.24) is 9.55 Å². The molecule has 2 aromatic carbocycles. The number of benzene rings is 2. The Balaban J connectivity index is 1.17. The monoisotopic (exact) mass is 432 g/mol. The molecule has 2 unspecified atom stereocenters. The number of Topliss-reactive ketones (excluding diaryl/α,β-unsaturated/α-hetero) is 1. The van der Waals surface area contributed by atoms with Crippen molar-refractivity contribution in [3.8, 4) is 11.3 Å². The van der Waals surface area contributed by atoms with Gasteiger partial charge in [-0.25, -0.2) is 9.37 Å². The number of carbonyl (C=O) groups is 1. The summed E-state index contributed by atoms with van der Waals surface area (Å²) in [6.45, 7) is 0. The Morgan fingerprint density at radius 1 is 1.09 bits per heavy atom. The molecule has 5 rings (SSSR count). The van der Waals surface area contributed by atoms with Crippen molar-refractivity contribution in [2.24, 2.45) is 11.8 Å². The van der Waals surface area contributed by atoms with Crippen LogP contribution in [0.1, 0.15) is 55.7 Å². The second kappa shape index (κ2) is 8.99. The zero-order chi connectivity index (χ0) is 22.1. The summed E-state index contributed by atoms with van der Waals surface area (Å²) in [6, 6.07) is 14.8. The fourth-order valence-corrected chi connectivity index (χ4v) is 5.65. The highest BCUT2D eigenvalue weighted by Gasteiger charge is 2.35. The summed E-state index contributed by atoms with van der Waals surface area (Å²) in [6.07, 6.45) is 8.38. The Hall–Kier alpha value is -2.79. The maximum atomic E-state index is 14.7. The molecule has 2 aliphatic rings. The van der Waals surface area contributed by atoms with Crippen LogP contribution in [0, 0.1) is 17.7 Å². The highest BCUT2D eigenvalue weighted by atomic mass is 19.1. The molecule has 5 heteroatoms. The van der Waals surface area contributed by atoms with Gasteiger partial charge < -0.3 is 9.67 Å². The van der Waals surface area contributed by atoms with Gasteiger partial charge >= 0.3 is 0 Å². The molecule has 1 aromatic heterocycles. The van der Waals surface area contributed by atoms with Crippen LogP contribution in [0.15, 0.2) is 61.1 Å². The predicted molar refractivity (Wildman–Crippen MR) is 122 cm³/mol. The lowest BCUT2D eigenvalue weighted by molar-refractivity contribution is -0.119. The fraction of sp³-hybridized carbons (Fsp3) is 0.407. The van der Waals surface area contributed by atoms with Gasteiger partial charge in [-0.3, -0.25) is 4.79 Å². The molecule has 1 fully saturated rings. The number of aliphatic hydroxyl groups excluding tert-OH is 1. The molecule has 0 spiro atoms. The molecular formula is C27H29FN2O2. The maximum absolute atomic E-state index is 14.7. The van der Waals surface area contributed by atoms with E-state index in [9.17, 15) is 14.3 Å². The first-order valence-corrected chi connectivity index (χ1v) is 11.6. The number of hydrogen-bond acceptors (Lipinski definition) is 3. The van der Waals surface area contributed by atoms with Crippen molar-refractivity contribution in [3.05, 3.63) is 78.0 Å². The Morgan fingerprint density at radius 3 is 2.66 bits per heavy atom. The maximum Gasteiger partial charge on any atom is 0.137 e. The van der Waals surface area contributed by atoms with Gasteiger partial charge in [-0.15, -0.1) is 0 Å². The molecule has 0 amide bonds. The first-order chi connectivity index (χ1) is 15.6. The van der Waals surface area contributed by atoms with Crippen LogP contribution in [0.2, 0.25) is 0 Å². The van der Waals surface area contributed by atoms with Gasteiger partial charge in [0.05, 0.1) is 30.4 Å². The number of aromatic nitrogens is 2. The summed E-state index contributed by atoms with van der Waals surface area (Å²) < 4.78 is 16.6. The lowest BCUT2D eigenvalue weighted by Crippen LogP contribution is -2.29. The van der Waals surface area contributed by atoms with Gasteiger partial charge in [-0.2, -0.15) is 0 Å². The number of carbonyl (C=O) groups excluding carboxylic acids is 1. The van der Waals surface area contributed by atoms with Crippen molar-refractivity contribution in [2.45, 2.75) is 57.1 Å². The minimum absolute atomic E-state index is 0.193. The number of fused-ring (bicyclic) bond motifs is 3. The lowest BCUT2D eigenvalue weighted by atomic mass is 9.76. The van der Waals surface area contributed by atoms with Gasteiger partial charge in [0.25, 0.3) is 0 Å². The van der Waals surface area contributed by atoms with E-state index in [1.807, 2.05) is 41.0 Å². The normalized spacial score (nSPS) is 22.9. The summed E-state index contributed by atoms with van der Waals surface area (Å²) in [5.41, 5.74) is 3.53. The average molecular weight is 433 g/mol. The number of ketones is 1. The summed E-state index contributed by atoms with van der Waals surface area (Å²) in [7, 11) is 0. The zero-order valence-electron chi connectivity index (χ0n) is 18.2. The number of imidazole rings is 1. The van der Waals surface area contributed by atoms with E-state index in [0.717, 1.165) is 42.5 Å². The van der Waals surface area contributed by atoms with Gasteiger partial charge in [-0.05, 0) is 55.6 Å². The SMILES string of the molecule is O=C(Cc1ccccc1)CC1CCC(C(O)CC2c3c(F)cccc3-c3cncn32)CC1. The molecule has 1 N–H and O–H groups in total. The van der Waals surface area contributed by atoms with Crippen LogP contribution in [-0.4, -0.2) is 26.5 Å². The summed E-state index contributed by atoms with van der Waals surface area (Å²) >= 11 is 0. The van der Waals surface area contributed by atoms with Crippen molar-refractivity contribution in [2.75, 3.05) is 0 Å². The van der Waals surface area contributed by atoms with Crippen LogP contribution >= 0.6 is 0 Å². The van der Waals surface area contributed by atoms with Crippen LogP contribution in [0.5, 0.6) is 0 Å². The molecule has 0 radical (unpaired) electrons. The van der Waals surface area contributed by atoms with E-state index < -0.39 is 6.10 Å². The van der Waals surface area contributed by atoms with Gasteiger partial charge in [0.2, 0.25) is 0 Å². The third-order valence-electron chi connectivity index (χ3n) is 7.32. The largest absolute Gasteiger partial charge is 0.393 e. The van der Waals surface area contributed by atoms with Gasteiger partial charge in [0.15, 0.2) is 0 Å². The van der Waals surface area contributed by atoms with E-state index in [1.54, 1.807) is 18.6 Å². The minimum atomic E-state index is -0.498. The molecule has 4 nitrogen and oxygen atoms in total. The number of aliphatic hydroxyl groups is 1. The fourth-order valence-electron chi connectivity index (χ4n) is 5.65. The van der Waals surface area contributed by atoms with Crippen molar-refractivity contribution in [3.63, 3.8) is 0 Å². The van der Waals surface area contributed by atoms with Crippen molar-refractivity contribution < 1.29 is 14.3 Å². The van der Waals surface area contributed by atoms with E-state index >= 15 is 0 Å². The summed E-state index contributed by atoms with van der Waals surface area (Å²) in [5, 5.41) is 11.1. The van der Waals surface area contributed by atoms with E-state index in [4.69, 9.17) is 0 Å². The Kier molecular flexibility index (Phi) is 5.92. The first kappa shape index (κ1) is 21.1. The number of nitrogens with zero attached hydrogens (tertiary/aromatic N) is 2. The first-order valence-electron chi connectivity index (χ1n) is 11.6. The molecule has 2 atom stereocenters. The second-order valence-electron chi connectivity index (χ2n) is 9.39. The number of hydrogen-bond donors (Lipinski definition) is 1. The molecule has 1 aliphatic heterocycles. The van der Waals surface area contributed by atoms with E-state index in [-0.39, 0.29) is 17.8 Å². The molecule has 1 saturated carbocycles. The zero-order valence-corrected chi connectivity index (χ0v) is 18.2. The number of halogens is 1. The molecule has 0 saturated heterocycles. The van der Waals surface area contributed by atoms with E-state index in [1.165, 1.54) is 6.07 Å². The van der Waals surface area contributed by atoms with Crippen LogP contribution in [0.25, 0.3) is 11.3 Å². The highest BCUT2D eigenvalue weighted by Crippen LogP contribution is 2.44. The Labute approximate surface area is 188 Å². The minimum Gasteiger partial charge on any atom is -0.393 e. The molecule has 1 aliphatic carbocycles.